The zero-order valence-electron chi connectivity index (χ0n) is 9.53. The fourth-order valence-corrected chi connectivity index (χ4v) is 1.48. The highest BCUT2D eigenvalue weighted by atomic mass is 19.1. The number of carbonyl (C=O) groups excluding carboxylic acids is 1. The quantitative estimate of drug-likeness (QED) is 0.883. The minimum Gasteiger partial charge on any atom is -0.456 e. The number of hydrogen-bond donors (Lipinski definition) is 1. The van der Waals surface area contributed by atoms with Crippen LogP contribution in [0.5, 0.6) is 0 Å². The van der Waals surface area contributed by atoms with Crippen LogP contribution in [0.15, 0.2) is 34.7 Å². The van der Waals surface area contributed by atoms with Crippen molar-refractivity contribution in [2.45, 2.75) is 6.92 Å². The molecule has 0 radical (unpaired) electrons. The molecule has 0 unspecified atom stereocenters. The van der Waals surface area contributed by atoms with Crippen molar-refractivity contribution < 1.29 is 13.6 Å². The average molecular weight is 244 g/mol. The van der Waals surface area contributed by atoms with Crippen molar-refractivity contribution in [2.24, 2.45) is 0 Å². The molecule has 0 aliphatic carbocycles. The van der Waals surface area contributed by atoms with Gasteiger partial charge in [0.2, 0.25) is 0 Å². The van der Waals surface area contributed by atoms with Gasteiger partial charge in [0, 0.05) is 0 Å². The van der Waals surface area contributed by atoms with Crippen molar-refractivity contribution >= 4 is 11.6 Å². The Hall–Kier alpha value is -2.61. The van der Waals surface area contributed by atoms with E-state index in [1.165, 1.54) is 18.2 Å². The summed E-state index contributed by atoms with van der Waals surface area (Å²) in [5, 5.41) is 11.3. The molecule has 0 saturated carbocycles. The molecule has 1 heterocycles. The second-order valence-corrected chi connectivity index (χ2v) is 3.64. The Labute approximate surface area is 103 Å². The third-order valence-electron chi connectivity index (χ3n) is 2.34. The molecule has 0 aliphatic heterocycles. The van der Waals surface area contributed by atoms with Gasteiger partial charge in [-0.25, -0.2) is 4.39 Å². The molecule has 18 heavy (non-hydrogen) atoms. The number of aryl methyl sites for hydroxylation is 1. The smallest absolute Gasteiger partial charge is 0.291 e. The van der Waals surface area contributed by atoms with E-state index in [2.05, 4.69) is 5.32 Å². The minimum absolute atomic E-state index is 0.112. The van der Waals surface area contributed by atoms with Crippen LogP contribution in [0.25, 0.3) is 0 Å². The zero-order valence-corrected chi connectivity index (χ0v) is 9.53. The number of nitrogens with one attached hydrogen (secondary N) is 1. The van der Waals surface area contributed by atoms with Gasteiger partial charge >= 0.3 is 0 Å². The Morgan fingerprint density at radius 3 is 2.78 bits per heavy atom. The molecular formula is C13H9FN2O2. The van der Waals surface area contributed by atoms with Crippen LogP contribution in [0.2, 0.25) is 0 Å². The Kier molecular flexibility index (Phi) is 3.11. The highest BCUT2D eigenvalue weighted by molar-refractivity contribution is 6.03. The first-order chi connectivity index (χ1) is 8.61. The predicted octanol–water partition coefficient (Wildman–Crippen LogP) is 2.85. The van der Waals surface area contributed by atoms with E-state index in [0.717, 1.165) is 6.07 Å². The Morgan fingerprint density at radius 2 is 2.17 bits per heavy atom. The number of hydrogen-bond acceptors (Lipinski definition) is 3. The third-order valence-corrected chi connectivity index (χ3v) is 2.34. The lowest BCUT2D eigenvalue weighted by Crippen LogP contribution is -2.12. The molecule has 0 aliphatic rings. The van der Waals surface area contributed by atoms with E-state index in [0.29, 0.717) is 5.76 Å². The molecule has 90 valence electrons. The van der Waals surface area contributed by atoms with Crippen LogP contribution in [-0.2, 0) is 0 Å². The van der Waals surface area contributed by atoms with E-state index < -0.39 is 11.7 Å². The van der Waals surface area contributed by atoms with Gasteiger partial charge in [0.15, 0.2) is 5.76 Å². The number of anilines is 1. The van der Waals surface area contributed by atoms with E-state index in [1.54, 1.807) is 19.1 Å². The van der Waals surface area contributed by atoms with Gasteiger partial charge in [-0.05, 0) is 31.2 Å². The van der Waals surface area contributed by atoms with Crippen molar-refractivity contribution in [3.05, 3.63) is 53.2 Å². The van der Waals surface area contributed by atoms with E-state index in [9.17, 15) is 9.18 Å². The fourth-order valence-electron chi connectivity index (χ4n) is 1.48. The fraction of sp³-hybridized carbons (Fsp3) is 0.0769. The molecule has 0 spiro atoms. The van der Waals surface area contributed by atoms with Gasteiger partial charge in [-0.3, -0.25) is 4.79 Å². The monoisotopic (exact) mass is 244 g/mol. The molecule has 2 rings (SSSR count). The summed E-state index contributed by atoms with van der Waals surface area (Å²) in [5.74, 6) is -0.489. The summed E-state index contributed by atoms with van der Waals surface area (Å²) in [6.45, 7) is 1.71. The Balaban J connectivity index is 2.28. The molecule has 0 fully saturated rings. The number of furan rings is 1. The Bertz CT molecular complexity index is 641. The molecule has 1 amide bonds. The Morgan fingerprint density at radius 1 is 1.39 bits per heavy atom. The predicted molar refractivity (Wildman–Crippen MR) is 62.5 cm³/mol. The number of nitriles is 1. The van der Waals surface area contributed by atoms with Crippen LogP contribution in [-0.4, -0.2) is 5.91 Å². The number of amides is 1. The highest BCUT2D eigenvalue weighted by Crippen LogP contribution is 2.19. The summed E-state index contributed by atoms with van der Waals surface area (Å²) < 4.78 is 18.4. The van der Waals surface area contributed by atoms with Crippen LogP contribution < -0.4 is 5.32 Å². The maximum atomic E-state index is 13.3. The lowest BCUT2D eigenvalue weighted by atomic mass is 10.2. The van der Waals surface area contributed by atoms with Gasteiger partial charge in [0.1, 0.15) is 23.2 Å². The number of carbonyl (C=O) groups is 1. The van der Waals surface area contributed by atoms with Gasteiger partial charge in [-0.1, -0.05) is 6.07 Å². The largest absolute Gasteiger partial charge is 0.456 e. The maximum Gasteiger partial charge on any atom is 0.291 e. The summed E-state index contributed by atoms with van der Waals surface area (Å²) in [4.78, 5) is 11.8. The molecule has 2 aromatic rings. The molecule has 0 atom stereocenters. The van der Waals surface area contributed by atoms with Crippen LogP contribution in [0.3, 0.4) is 0 Å². The first-order valence-corrected chi connectivity index (χ1v) is 5.18. The van der Waals surface area contributed by atoms with Crippen LogP contribution in [0.4, 0.5) is 10.1 Å². The second-order valence-electron chi connectivity index (χ2n) is 3.64. The van der Waals surface area contributed by atoms with Crippen molar-refractivity contribution in [1.82, 2.24) is 0 Å². The highest BCUT2D eigenvalue weighted by Gasteiger charge is 2.14. The summed E-state index contributed by atoms with van der Waals surface area (Å²) in [6, 6.07) is 8.89. The lowest BCUT2D eigenvalue weighted by Gasteiger charge is -2.05. The number of halogens is 1. The molecular weight excluding hydrogens is 235 g/mol. The van der Waals surface area contributed by atoms with E-state index >= 15 is 0 Å². The number of benzene rings is 1. The molecule has 1 aromatic heterocycles. The van der Waals surface area contributed by atoms with Crippen molar-refractivity contribution in [3.63, 3.8) is 0 Å². The summed E-state index contributed by atoms with van der Waals surface area (Å²) in [6.07, 6.45) is 0. The standard InChI is InChI=1S/C13H9FN2O2/c1-8-5-6-12(18-8)13(17)16-11-4-2-3-10(14)9(11)7-15/h2-6H,1H3,(H,16,17). The van der Waals surface area contributed by atoms with Gasteiger partial charge in [-0.2, -0.15) is 5.26 Å². The van der Waals surface area contributed by atoms with Crippen LogP contribution in [0.1, 0.15) is 21.9 Å². The minimum atomic E-state index is -0.675. The molecule has 4 nitrogen and oxygen atoms in total. The molecule has 5 heteroatoms. The number of nitrogens with zero attached hydrogens (tertiary/aromatic N) is 1. The number of rotatable bonds is 2. The van der Waals surface area contributed by atoms with E-state index in [1.807, 2.05) is 0 Å². The first kappa shape index (κ1) is 11.9. The van der Waals surface area contributed by atoms with Gasteiger partial charge in [0.05, 0.1) is 5.69 Å². The summed E-state index contributed by atoms with van der Waals surface area (Å²) in [5.41, 5.74) is -0.0781. The first-order valence-electron chi connectivity index (χ1n) is 5.18. The van der Waals surface area contributed by atoms with Crippen molar-refractivity contribution in [2.75, 3.05) is 5.32 Å². The summed E-state index contributed by atoms with van der Waals surface area (Å²) >= 11 is 0. The third kappa shape index (κ3) is 2.23. The maximum absolute atomic E-state index is 13.3. The van der Waals surface area contributed by atoms with Gasteiger partial charge < -0.3 is 9.73 Å². The van der Waals surface area contributed by atoms with Gasteiger partial charge in [0.25, 0.3) is 5.91 Å². The van der Waals surface area contributed by atoms with Crippen molar-refractivity contribution in [1.29, 1.82) is 5.26 Å². The lowest BCUT2D eigenvalue weighted by molar-refractivity contribution is 0.0995. The average Bonchev–Trinajstić information content (AvgIpc) is 2.76. The van der Waals surface area contributed by atoms with E-state index in [-0.39, 0.29) is 17.0 Å². The SMILES string of the molecule is Cc1ccc(C(=O)Nc2cccc(F)c2C#N)o1. The second kappa shape index (κ2) is 4.72. The molecule has 1 aromatic carbocycles. The van der Waals surface area contributed by atoms with Gasteiger partial charge in [-0.15, -0.1) is 0 Å². The summed E-state index contributed by atoms with van der Waals surface area (Å²) in [7, 11) is 0. The van der Waals surface area contributed by atoms with E-state index in [4.69, 9.17) is 9.68 Å². The molecule has 0 saturated heterocycles. The topological polar surface area (TPSA) is 66.0 Å². The normalized spacial score (nSPS) is 9.83. The molecule has 0 bridgehead atoms. The van der Waals surface area contributed by atoms with Crippen LogP contribution >= 0.6 is 0 Å². The van der Waals surface area contributed by atoms with Crippen LogP contribution in [0, 0.1) is 24.1 Å². The zero-order chi connectivity index (χ0) is 13.1. The van der Waals surface area contributed by atoms with Crippen molar-refractivity contribution in [3.8, 4) is 6.07 Å². The molecule has 1 N–H and O–H groups in total.